The molecular weight excluding hydrogens is 401 g/mol. The maximum Gasteiger partial charge on any atom is 0.323 e. The molecule has 2 aromatic carbocycles. The van der Waals surface area contributed by atoms with Crippen LogP contribution in [-0.2, 0) is 5.88 Å². The van der Waals surface area contributed by atoms with Crippen molar-refractivity contribution < 1.29 is 4.79 Å². The molecule has 0 unspecified atom stereocenters. The van der Waals surface area contributed by atoms with Crippen LogP contribution in [0.1, 0.15) is 5.69 Å². The van der Waals surface area contributed by atoms with Crippen molar-refractivity contribution in [2.24, 2.45) is 0 Å². The largest absolute Gasteiger partial charge is 0.323 e. The van der Waals surface area contributed by atoms with Crippen molar-refractivity contribution in [3.63, 3.8) is 0 Å². The number of rotatable bonds is 4. The van der Waals surface area contributed by atoms with E-state index in [1.807, 2.05) is 29.6 Å². The molecule has 0 atom stereocenters. The lowest BCUT2D eigenvalue weighted by Crippen LogP contribution is -2.19. The molecule has 3 aromatic rings. The zero-order chi connectivity index (χ0) is 17.8. The highest BCUT2D eigenvalue weighted by Gasteiger charge is 2.07. The summed E-state index contributed by atoms with van der Waals surface area (Å²) < 4.78 is 0. The summed E-state index contributed by atoms with van der Waals surface area (Å²) >= 11 is 19.1. The highest BCUT2D eigenvalue weighted by Crippen LogP contribution is 2.26. The molecule has 0 aliphatic carbocycles. The molecule has 0 saturated carbocycles. The Bertz CT molecular complexity index is 876. The molecule has 25 heavy (non-hydrogen) atoms. The topological polar surface area (TPSA) is 54.0 Å². The molecule has 0 fully saturated rings. The Labute approximate surface area is 163 Å². The fraction of sp³-hybridized carbons (Fsp3) is 0.0588. The molecule has 1 aromatic heterocycles. The second-order valence-electron chi connectivity index (χ2n) is 5.09. The number of hydrogen-bond acceptors (Lipinski definition) is 3. The van der Waals surface area contributed by atoms with Crippen molar-refractivity contribution in [3.8, 4) is 10.6 Å². The number of hydrogen-bond donors (Lipinski definition) is 2. The zero-order valence-corrected chi connectivity index (χ0v) is 15.8. The molecule has 1 heterocycles. The van der Waals surface area contributed by atoms with Gasteiger partial charge in [-0.25, -0.2) is 9.78 Å². The molecule has 0 saturated heterocycles. The SMILES string of the molecule is O=C(Nc1ccc(-c2nc(CCl)cs2)cc1)Nc1cc(Cl)cc(Cl)c1. The van der Waals surface area contributed by atoms with Gasteiger partial charge < -0.3 is 10.6 Å². The van der Waals surface area contributed by atoms with E-state index < -0.39 is 0 Å². The summed E-state index contributed by atoms with van der Waals surface area (Å²) in [5.74, 6) is 0.393. The fourth-order valence-corrected chi connectivity index (χ4v) is 3.70. The summed E-state index contributed by atoms with van der Waals surface area (Å²) in [6.07, 6.45) is 0. The smallest absolute Gasteiger partial charge is 0.308 e. The van der Waals surface area contributed by atoms with Gasteiger partial charge in [0.25, 0.3) is 0 Å². The van der Waals surface area contributed by atoms with Crippen molar-refractivity contribution in [3.05, 3.63) is 63.6 Å². The minimum atomic E-state index is -0.384. The minimum Gasteiger partial charge on any atom is -0.308 e. The van der Waals surface area contributed by atoms with Crippen molar-refractivity contribution in [1.82, 2.24) is 4.98 Å². The van der Waals surface area contributed by atoms with Gasteiger partial charge in [-0.2, -0.15) is 0 Å². The Balaban J connectivity index is 1.65. The lowest BCUT2D eigenvalue weighted by atomic mass is 10.2. The number of anilines is 2. The van der Waals surface area contributed by atoms with Crippen LogP contribution in [0.4, 0.5) is 16.2 Å². The lowest BCUT2D eigenvalue weighted by molar-refractivity contribution is 0.262. The molecule has 8 heteroatoms. The van der Waals surface area contributed by atoms with E-state index in [1.165, 1.54) is 11.3 Å². The van der Waals surface area contributed by atoms with Gasteiger partial charge in [-0.05, 0) is 42.5 Å². The molecule has 4 nitrogen and oxygen atoms in total. The standard InChI is InChI=1S/C17H12Cl3N3OS/c18-8-15-9-25-16(21-15)10-1-3-13(4-2-10)22-17(24)23-14-6-11(19)5-12(20)7-14/h1-7,9H,8H2,(H2,22,23,24). The summed E-state index contributed by atoms with van der Waals surface area (Å²) in [4.78, 5) is 16.5. The van der Waals surface area contributed by atoms with Crippen LogP contribution in [0.2, 0.25) is 10.0 Å². The van der Waals surface area contributed by atoms with E-state index in [1.54, 1.807) is 18.2 Å². The molecule has 0 aliphatic heterocycles. The van der Waals surface area contributed by atoms with Gasteiger partial charge in [-0.15, -0.1) is 22.9 Å². The molecular formula is C17H12Cl3N3OS. The summed E-state index contributed by atoms with van der Waals surface area (Å²) in [6.45, 7) is 0. The van der Waals surface area contributed by atoms with Crippen molar-refractivity contribution in [2.75, 3.05) is 10.6 Å². The highest BCUT2D eigenvalue weighted by atomic mass is 35.5. The monoisotopic (exact) mass is 411 g/mol. The van der Waals surface area contributed by atoms with Crippen LogP contribution in [0.3, 0.4) is 0 Å². The Morgan fingerprint density at radius 2 is 1.64 bits per heavy atom. The number of benzene rings is 2. The Hall–Kier alpha value is -1.79. The first-order valence-corrected chi connectivity index (χ1v) is 9.35. The van der Waals surface area contributed by atoms with Crippen LogP contribution < -0.4 is 10.6 Å². The number of aromatic nitrogens is 1. The molecule has 2 N–H and O–H groups in total. The van der Waals surface area contributed by atoms with Gasteiger partial charge in [0, 0.05) is 32.4 Å². The predicted molar refractivity (Wildman–Crippen MR) is 106 cm³/mol. The van der Waals surface area contributed by atoms with Crippen LogP contribution in [0.5, 0.6) is 0 Å². The Kier molecular flexibility index (Phi) is 5.81. The first-order valence-electron chi connectivity index (χ1n) is 7.18. The number of halogens is 3. The van der Waals surface area contributed by atoms with E-state index >= 15 is 0 Å². The van der Waals surface area contributed by atoms with E-state index in [0.29, 0.717) is 27.3 Å². The normalized spacial score (nSPS) is 10.5. The molecule has 3 rings (SSSR count). The Morgan fingerprint density at radius 1 is 1.00 bits per heavy atom. The number of nitrogens with zero attached hydrogens (tertiary/aromatic N) is 1. The maximum atomic E-state index is 12.1. The molecule has 128 valence electrons. The third-order valence-corrected chi connectivity index (χ3v) is 4.85. The third kappa shape index (κ3) is 4.86. The molecule has 0 aliphatic rings. The Morgan fingerprint density at radius 3 is 2.24 bits per heavy atom. The van der Waals surface area contributed by atoms with Gasteiger partial charge in [0.1, 0.15) is 5.01 Å². The number of carbonyl (C=O) groups is 1. The number of urea groups is 1. The van der Waals surface area contributed by atoms with Crippen LogP contribution in [-0.4, -0.2) is 11.0 Å². The summed E-state index contributed by atoms with van der Waals surface area (Å²) in [5.41, 5.74) is 2.99. The molecule has 2 amide bonds. The molecule has 0 radical (unpaired) electrons. The second kappa shape index (κ2) is 8.06. The quantitative estimate of drug-likeness (QED) is 0.480. The van der Waals surface area contributed by atoms with Gasteiger partial charge in [-0.3, -0.25) is 0 Å². The van der Waals surface area contributed by atoms with E-state index in [4.69, 9.17) is 34.8 Å². The van der Waals surface area contributed by atoms with E-state index in [2.05, 4.69) is 15.6 Å². The number of nitrogens with one attached hydrogen (secondary N) is 2. The van der Waals surface area contributed by atoms with Crippen LogP contribution in [0.25, 0.3) is 10.6 Å². The van der Waals surface area contributed by atoms with E-state index in [-0.39, 0.29) is 6.03 Å². The summed E-state index contributed by atoms with van der Waals surface area (Å²) in [7, 11) is 0. The predicted octanol–water partition coefficient (Wildman–Crippen LogP) is 6.50. The van der Waals surface area contributed by atoms with Crippen LogP contribution in [0.15, 0.2) is 47.8 Å². The number of amides is 2. The number of carbonyl (C=O) groups excluding carboxylic acids is 1. The summed E-state index contributed by atoms with van der Waals surface area (Å²) in [5, 5.41) is 9.15. The van der Waals surface area contributed by atoms with Gasteiger partial charge in [-0.1, -0.05) is 23.2 Å². The van der Waals surface area contributed by atoms with E-state index in [9.17, 15) is 4.79 Å². The fourth-order valence-electron chi connectivity index (χ4n) is 2.12. The third-order valence-electron chi connectivity index (χ3n) is 3.20. The van der Waals surface area contributed by atoms with E-state index in [0.717, 1.165) is 16.3 Å². The van der Waals surface area contributed by atoms with Crippen LogP contribution >= 0.6 is 46.1 Å². The van der Waals surface area contributed by atoms with Crippen molar-refractivity contribution in [2.45, 2.75) is 5.88 Å². The minimum absolute atomic E-state index is 0.384. The maximum absolute atomic E-state index is 12.1. The lowest BCUT2D eigenvalue weighted by Gasteiger charge is -2.09. The molecule has 0 spiro atoms. The first kappa shape index (κ1) is 18.0. The van der Waals surface area contributed by atoms with Crippen molar-refractivity contribution >= 4 is 63.5 Å². The number of alkyl halides is 1. The van der Waals surface area contributed by atoms with Gasteiger partial charge in [0.2, 0.25) is 0 Å². The van der Waals surface area contributed by atoms with Crippen LogP contribution in [0, 0.1) is 0 Å². The average molecular weight is 413 g/mol. The van der Waals surface area contributed by atoms with Crippen molar-refractivity contribution in [1.29, 1.82) is 0 Å². The first-order chi connectivity index (χ1) is 12.0. The highest BCUT2D eigenvalue weighted by molar-refractivity contribution is 7.13. The zero-order valence-electron chi connectivity index (χ0n) is 12.7. The number of thiazole rings is 1. The van der Waals surface area contributed by atoms with Gasteiger partial charge >= 0.3 is 6.03 Å². The van der Waals surface area contributed by atoms with Gasteiger partial charge in [0.15, 0.2) is 0 Å². The second-order valence-corrected chi connectivity index (χ2v) is 7.09. The average Bonchev–Trinajstić information content (AvgIpc) is 3.03. The van der Waals surface area contributed by atoms with Gasteiger partial charge in [0.05, 0.1) is 11.6 Å². The summed E-state index contributed by atoms with van der Waals surface area (Å²) in [6, 6.07) is 11.8. The molecule has 0 bridgehead atoms.